The molecule has 0 saturated carbocycles. The highest BCUT2D eigenvalue weighted by Gasteiger charge is 2.22. The van der Waals surface area contributed by atoms with Crippen LogP contribution < -0.4 is 10.1 Å². The number of carbonyl (C=O) groups excluding carboxylic acids is 1. The van der Waals surface area contributed by atoms with E-state index in [1.807, 2.05) is 0 Å². The molecule has 1 saturated heterocycles. The van der Waals surface area contributed by atoms with Gasteiger partial charge in [-0.15, -0.1) is 0 Å². The first-order valence-corrected chi connectivity index (χ1v) is 8.72. The first-order valence-electron chi connectivity index (χ1n) is 8.72. The predicted octanol–water partition coefficient (Wildman–Crippen LogP) is 3.22. The van der Waals surface area contributed by atoms with Gasteiger partial charge < -0.3 is 15.0 Å². The molecule has 1 aromatic rings. The van der Waals surface area contributed by atoms with Crippen LogP contribution in [0.5, 0.6) is 5.75 Å². The Kier molecular flexibility index (Phi) is 6.60. The summed E-state index contributed by atoms with van der Waals surface area (Å²) in [7, 11) is 0. The van der Waals surface area contributed by atoms with Crippen molar-refractivity contribution in [3.05, 3.63) is 30.1 Å². The summed E-state index contributed by atoms with van der Waals surface area (Å²) in [6.07, 6.45) is 3.21. The van der Waals surface area contributed by atoms with Crippen LogP contribution in [0.4, 0.5) is 4.39 Å². The number of nitrogens with one attached hydrogen (secondary N) is 1. The van der Waals surface area contributed by atoms with E-state index in [1.54, 1.807) is 12.1 Å². The maximum atomic E-state index is 13.5. The summed E-state index contributed by atoms with van der Waals surface area (Å²) in [5.41, 5.74) is 0.323. The number of para-hydroxylation sites is 1. The van der Waals surface area contributed by atoms with Gasteiger partial charge in [-0.05, 0) is 49.9 Å². The van der Waals surface area contributed by atoms with Gasteiger partial charge in [-0.25, -0.2) is 4.39 Å². The van der Waals surface area contributed by atoms with Crippen LogP contribution in [0.25, 0.3) is 0 Å². The molecule has 1 amide bonds. The van der Waals surface area contributed by atoms with Crippen molar-refractivity contribution in [2.75, 3.05) is 26.2 Å². The zero-order valence-corrected chi connectivity index (χ0v) is 15.0. The fraction of sp³-hybridized carbons (Fsp3) is 0.632. The maximum Gasteiger partial charge on any atom is 0.258 e. The monoisotopic (exact) mass is 336 g/mol. The van der Waals surface area contributed by atoms with E-state index in [-0.39, 0.29) is 24.3 Å². The van der Waals surface area contributed by atoms with Crippen molar-refractivity contribution in [3.8, 4) is 5.75 Å². The van der Waals surface area contributed by atoms with Crippen LogP contribution in [0.15, 0.2) is 24.3 Å². The molecule has 24 heavy (non-hydrogen) atoms. The van der Waals surface area contributed by atoms with Gasteiger partial charge in [-0.1, -0.05) is 32.9 Å². The summed E-state index contributed by atoms with van der Waals surface area (Å²) in [5.74, 6) is -0.527. The van der Waals surface area contributed by atoms with Crippen LogP contribution in [-0.2, 0) is 4.79 Å². The number of amides is 1. The summed E-state index contributed by atoms with van der Waals surface area (Å²) < 4.78 is 18.7. The Hall–Kier alpha value is -1.62. The molecule has 1 aliphatic heterocycles. The molecule has 4 nitrogen and oxygen atoms in total. The van der Waals surface area contributed by atoms with Gasteiger partial charge in [0.15, 0.2) is 18.2 Å². The van der Waals surface area contributed by atoms with E-state index in [4.69, 9.17) is 4.74 Å². The average Bonchev–Trinajstić information content (AvgIpc) is 2.52. The molecule has 0 aromatic heterocycles. The first-order chi connectivity index (χ1) is 11.3. The molecular formula is C19H29FN2O2. The van der Waals surface area contributed by atoms with Gasteiger partial charge in [0.2, 0.25) is 0 Å². The molecule has 0 bridgehead atoms. The number of carbonyl (C=O) groups is 1. The number of piperidine rings is 1. The van der Waals surface area contributed by atoms with Crippen LogP contribution in [0.1, 0.15) is 40.0 Å². The van der Waals surface area contributed by atoms with Crippen LogP contribution >= 0.6 is 0 Å². The van der Waals surface area contributed by atoms with Crippen LogP contribution in [0.2, 0.25) is 0 Å². The van der Waals surface area contributed by atoms with E-state index in [0.717, 1.165) is 38.9 Å². The number of rotatable bonds is 6. The number of likely N-dealkylation sites (tertiary alicyclic amines) is 1. The minimum Gasteiger partial charge on any atom is -0.481 e. The lowest BCUT2D eigenvalue weighted by Gasteiger charge is -2.34. The first kappa shape index (κ1) is 18.7. The van der Waals surface area contributed by atoms with Gasteiger partial charge in [-0.3, -0.25) is 4.79 Å². The molecule has 1 aromatic carbocycles. The van der Waals surface area contributed by atoms with E-state index in [2.05, 4.69) is 31.0 Å². The van der Waals surface area contributed by atoms with Gasteiger partial charge >= 0.3 is 0 Å². The van der Waals surface area contributed by atoms with Gasteiger partial charge in [0.05, 0.1) is 0 Å². The second-order valence-corrected chi connectivity index (χ2v) is 7.74. The van der Waals surface area contributed by atoms with Crippen molar-refractivity contribution in [2.24, 2.45) is 5.41 Å². The summed E-state index contributed by atoms with van der Waals surface area (Å²) in [4.78, 5) is 14.5. The highest BCUT2D eigenvalue weighted by Crippen LogP contribution is 2.20. The van der Waals surface area contributed by atoms with E-state index < -0.39 is 5.82 Å². The highest BCUT2D eigenvalue weighted by molar-refractivity contribution is 5.77. The third-order valence-electron chi connectivity index (χ3n) is 4.24. The fourth-order valence-corrected chi connectivity index (χ4v) is 2.84. The molecule has 1 aliphatic rings. The Morgan fingerprint density at radius 3 is 2.83 bits per heavy atom. The van der Waals surface area contributed by atoms with E-state index in [0.29, 0.717) is 5.41 Å². The summed E-state index contributed by atoms with van der Waals surface area (Å²) in [5, 5.41) is 3.01. The molecular weight excluding hydrogens is 307 g/mol. The lowest BCUT2D eigenvalue weighted by atomic mass is 9.91. The molecule has 5 heteroatoms. The lowest BCUT2D eigenvalue weighted by Crippen LogP contribution is -2.49. The van der Waals surface area contributed by atoms with Gasteiger partial charge in [0, 0.05) is 12.6 Å². The van der Waals surface area contributed by atoms with Gasteiger partial charge in [0.25, 0.3) is 5.91 Å². The number of halogens is 1. The second-order valence-electron chi connectivity index (χ2n) is 7.74. The third-order valence-corrected chi connectivity index (χ3v) is 4.24. The smallest absolute Gasteiger partial charge is 0.258 e. The molecule has 1 heterocycles. The number of benzene rings is 1. The van der Waals surface area contributed by atoms with Crippen LogP contribution in [0.3, 0.4) is 0 Å². The fourth-order valence-electron chi connectivity index (χ4n) is 2.84. The Labute approximate surface area is 144 Å². The summed E-state index contributed by atoms with van der Waals surface area (Å²) in [6, 6.07) is 6.27. The Balaban J connectivity index is 1.74. The minimum absolute atomic E-state index is 0.114. The molecule has 0 radical (unpaired) electrons. The standard InChI is InChI=1S/C19H29FN2O2/c1-19(2,3)10-12-22-11-6-7-15(13-22)21-18(23)14-24-17-9-5-4-8-16(17)20/h4-5,8-9,15H,6-7,10-14H2,1-3H3,(H,21,23)/t15-/m1/s1. The molecule has 1 fully saturated rings. The maximum absolute atomic E-state index is 13.5. The predicted molar refractivity (Wildman–Crippen MR) is 93.6 cm³/mol. The summed E-state index contributed by atoms with van der Waals surface area (Å²) in [6.45, 7) is 9.61. The number of hydrogen-bond donors (Lipinski definition) is 1. The van der Waals surface area contributed by atoms with E-state index in [9.17, 15) is 9.18 Å². The average molecular weight is 336 g/mol. The van der Waals surface area contributed by atoms with E-state index >= 15 is 0 Å². The molecule has 134 valence electrons. The number of nitrogens with zero attached hydrogens (tertiary/aromatic N) is 1. The minimum atomic E-state index is -0.448. The highest BCUT2D eigenvalue weighted by atomic mass is 19.1. The number of ether oxygens (including phenoxy) is 1. The SMILES string of the molecule is CC(C)(C)CCN1CCC[C@@H](NC(=O)COc2ccccc2F)C1. The molecule has 0 unspecified atom stereocenters. The van der Waals surface area contributed by atoms with Crippen molar-refractivity contribution < 1.29 is 13.9 Å². The van der Waals surface area contributed by atoms with Crippen molar-refractivity contribution in [1.29, 1.82) is 0 Å². The molecule has 1 atom stereocenters. The summed E-state index contributed by atoms with van der Waals surface area (Å²) >= 11 is 0. The quantitative estimate of drug-likeness (QED) is 0.867. The second kappa shape index (κ2) is 8.47. The normalized spacial score (nSPS) is 19.1. The van der Waals surface area contributed by atoms with Crippen molar-refractivity contribution >= 4 is 5.91 Å². The topological polar surface area (TPSA) is 41.6 Å². The molecule has 1 N–H and O–H groups in total. The van der Waals surface area contributed by atoms with Crippen molar-refractivity contribution in [3.63, 3.8) is 0 Å². The molecule has 0 spiro atoms. The molecule has 2 rings (SSSR count). The Morgan fingerprint density at radius 2 is 2.12 bits per heavy atom. The van der Waals surface area contributed by atoms with Crippen molar-refractivity contribution in [1.82, 2.24) is 10.2 Å². The third kappa shape index (κ3) is 6.48. The molecule has 0 aliphatic carbocycles. The van der Waals surface area contributed by atoms with Crippen LogP contribution in [0, 0.1) is 11.2 Å². The van der Waals surface area contributed by atoms with Crippen molar-refractivity contribution in [2.45, 2.75) is 46.1 Å². The number of hydrogen-bond acceptors (Lipinski definition) is 3. The van der Waals surface area contributed by atoms with Crippen LogP contribution in [-0.4, -0.2) is 43.1 Å². The largest absolute Gasteiger partial charge is 0.481 e. The zero-order valence-electron chi connectivity index (χ0n) is 15.0. The van der Waals surface area contributed by atoms with Gasteiger partial charge in [0.1, 0.15) is 0 Å². The van der Waals surface area contributed by atoms with Gasteiger partial charge in [-0.2, -0.15) is 0 Å². The van der Waals surface area contributed by atoms with E-state index in [1.165, 1.54) is 12.1 Å². The Bertz CT molecular complexity index is 542. The zero-order chi connectivity index (χ0) is 17.6. The lowest BCUT2D eigenvalue weighted by molar-refractivity contribution is -0.124. The Morgan fingerprint density at radius 1 is 1.38 bits per heavy atom.